The van der Waals surface area contributed by atoms with Crippen molar-refractivity contribution >= 4 is 23.2 Å². The Morgan fingerprint density at radius 3 is 2.12 bits per heavy atom. The van der Waals surface area contributed by atoms with Crippen molar-refractivity contribution in [2.75, 3.05) is 10.6 Å². The lowest BCUT2D eigenvalue weighted by Gasteiger charge is -2.09. The fourth-order valence-electron chi connectivity index (χ4n) is 2.77. The van der Waals surface area contributed by atoms with E-state index in [0.717, 1.165) is 23.3 Å². The lowest BCUT2D eigenvalue weighted by molar-refractivity contribution is -0.122. The van der Waals surface area contributed by atoms with Crippen LogP contribution in [0, 0.1) is 37.3 Å². The van der Waals surface area contributed by atoms with Gasteiger partial charge in [-0.25, -0.2) is 8.78 Å². The van der Waals surface area contributed by atoms with Gasteiger partial charge in [-0.3, -0.25) is 9.59 Å². The minimum atomic E-state index is -0.842. The summed E-state index contributed by atoms with van der Waals surface area (Å²) in [7, 11) is 0. The number of aryl methyl sites for hydroxylation is 2. The molecule has 2 N–H and O–H groups in total. The van der Waals surface area contributed by atoms with Crippen molar-refractivity contribution < 1.29 is 18.4 Å². The molecule has 130 valence electrons. The third kappa shape index (κ3) is 3.84. The van der Waals surface area contributed by atoms with Gasteiger partial charge in [0.15, 0.2) is 0 Å². The predicted molar refractivity (Wildman–Crippen MR) is 91.1 cm³/mol. The molecule has 2 unspecified atom stereocenters. The van der Waals surface area contributed by atoms with E-state index in [1.165, 1.54) is 0 Å². The van der Waals surface area contributed by atoms with E-state index in [-0.39, 0.29) is 11.6 Å². The molecule has 1 saturated carbocycles. The Balaban J connectivity index is 1.59. The van der Waals surface area contributed by atoms with Crippen LogP contribution in [0.2, 0.25) is 0 Å². The van der Waals surface area contributed by atoms with Crippen LogP contribution in [0.3, 0.4) is 0 Å². The van der Waals surface area contributed by atoms with E-state index in [1.807, 2.05) is 32.0 Å². The zero-order valence-electron chi connectivity index (χ0n) is 13.9. The normalized spacial score (nSPS) is 18.6. The standard InChI is InChI=1S/C19H18F2N2O2/c1-10-3-5-16(11(2)7-10)22-18(24)13-9-14(13)19(25)23-17-6-4-12(20)8-15(17)21/h3-8,13-14H,9H2,1-2H3,(H,22,24)(H,23,25). The molecule has 25 heavy (non-hydrogen) atoms. The molecule has 0 aliphatic heterocycles. The van der Waals surface area contributed by atoms with Crippen molar-refractivity contribution in [3.63, 3.8) is 0 Å². The summed E-state index contributed by atoms with van der Waals surface area (Å²) in [6.07, 6.45) is 0.408. The molecule has 2 amide bonds. The van der Waals surface area contributed by atoms with Gasteiger partial charge in [0.1, 0.15) is 11.6 Å². The summed E-state index contributed by atoms with van der Waals surface area (Å²) in [6, 6.07) is 8.62. The van der Waals surface area contributed by atoms with E-state index in [9.17, 15) is 18.4 Å². The van der Waals surface area contributed by atoms with Crippen molar-refractivity contribution in [3.05, 3.63) is 59.2 Å². The molecular formula is C19H18F2N2O2. The monoisotopic (exact) mass is 344 g/mol. The van der Waals surface area contributed by atoms with Gasteiger partial charge >= 0.3 is 0 Å². The summed E-state index contributed by atoms with van der Waals surface area (Å²) >= 11 is 0. The SMILES string of the molecule is Cc1ccc(NC(=O)C2CC2C(=O)Nc2ccc(F)cc2F)c(C)c1. The highest BCUT2D eigenvalue weighted by Gasteiger charge is 2.48. The number of carbonyl (C=O) groups excluding carboxylic acids is 2. The molecule has 0 spiro atoms. The van der Waals surface area contributed by atoms with Crippen LogP contribution < -0.4 is 10.6 Å². The van der Waals surface area contributed by atoms with Crippen LogP contribution in [0.1, 0.15) is 17.5 Å². The smallest absolute Gasteiger partial charge is 0.228 e. The Hall–Kier alpha value is -2.76. The number of anilines is 2. The second-order valence-electron chi connectivity index (χ2n) is 6.37. The van der Waals surface area contributed by atoms with Crippen LogP contribution in [0.25, 0.3) is 0 Å². The molecule has 0 aromatic heterocycles. The van der Waals surface area contributed by atoms with Gasteiger partial charge < -0.3 is 10.6 Å². The predicted octanol–water partition coefficient (Wildman–Crippen LogP) is 3.79. The Morgan fingerprint density at radius 2 is 1.52 bits per heavy atom. The van der Waals surface area contributed by atoms with Gasteiger partial charge in [0.05, 0.1) is 17.5 Å². The minimum Gasteiger partial charge on any atom is -0.326 e. The highest BCUT2D eigenvalue weighted by Crippen LogP contribution is 2.40. The molecule has 0 bridgehead atoms. The fourth-order valence-corrected chi connectivity index (χ4v) is 2.77. The van der Waals surface area contributed by atoms with Gasteiger partial charge in [-0.05, 0) is 44.0 Å². The van der Waals surface area contributed by atoms with E-state index in [2.05, 4.69) is 10.6 Å². The Labute approximate surface area is 144 Å². The first kappa shape index (κ1) is 17.1. The zero-order valence-corrected chi connectivity index (χ0v) is 13.9. The first-order valence-corrected chi connectivity index (χ1v) is 7.99. The number of benzene rings is 2. The lowest BCUT2D eigenvalue weighted by Crippen LogP contribution is -2.21. The summed E-state index contributed by atoms with van der Waals surface area (Å²) in [6.45, 7) is 3.87. The molecule has 3 rings (SSSR count). The van der Waals surface area contributed by atoms with E-state index < -0.39 is 29.4 Å². The van der Waals surface area contributed by atoms with Gasteiger partial charge in [0.2, 0.25) is 11.8 Å². The van der Waals surface area contributed by atoms with Crippen LogP contribution in [0.15, 0.2) is 36.4 Å². The molecule has 6 heteroatoms. The number of rotatable bonds is 4. The minimum absolute atomic E-state index is 0.0909. The van der Waals surface area contributed by atoms with Crippen LogP contribution in [-0.4, -0.2) is 11.8 Å². The number of halogens is 2. The molecule has 0 heterocycles. The Kier molecular flexibility index (Phi) is 4.53. The largest absolute Gasteiger partial charge is 0.326 e. The van der Waals surface area contributed by atoms with Crippen LogP contribution in [-0.2, 0) is 9.59 Å². The molecule has 4 nitrogen and oxygen atoms in total. The third-order valence-corrected chi connectivity index (χ3v) is 4.29. The summed E-state index contributed by atoms with van der Waals surface area (Å²) in [5.41, 5.74) is 2.67. The van der Waals surface area contributed by atoms with Gasteiger partial charge in [0, 0.05) is 11.8 Å². The first-order chi connectivity index (χ1) is 11.8. The van der Waals surface area contributed by atoms with Crippen LogP contribution in [0.4, 0.5) is 20.2 Å². The van der Waals surface area contributed by atoms with Crippen molar-refractivity contribution in [2.24, 2.45) is 11.8 Å². The average Bonchev–Trinajstić information content (AvgIpc) is 3.33. The van der Waals surface area contributed by atoms with Crippen LogP contribution >= 0.6 is 0 Å². The van der Waals surface area contributed by atoms with Gasteiger partial charge in [-0.2, -0.15) is 0 Å². The quantitative estimate of drug-likeness (QED) is 0.886. The van der Waals surface area contributed by atoms with E-state index in [1.54, 1.807) is 0 Å². The lowest BCUT2D eigenvalue weighted by atomic mass is 10.1. The second-order valence-corrected chi connectivity index (χ2v) is 6.37. The molecular weight excluding hydrogens is 326 g/mol. The maximum absolute atomic E-state index is 13.6. The van der Waals surface area contributed by atoms with Crippen molar-refractivity contribution in [3.8, 4) is 0 Å². The molecule has 1 aliphatic carbocycles. The number of amides is 2. The zero-order chi connectivity index (χ0) is 18.1. The molecule has 0 radical (unpaired) electrons. The maximum atomic E-state index is 13.6. The second kappa shape index (κ2) is 6.63. The maximum Gasteiger partial charge on any atom is 0.228 e. The van der Waals surface area contributed by atoms with Crippen LogP contribution in [0.5, 0.6) is 0 Å². The molecule has 2 atom stereocenters. The molecule has 1 aliphatic rings. The summed E-state index contributed by atoms with van der Waals surface area (Å²) in [5.74, 6) is -3.17. The van der Waals surface area contributed by atoms with Crippen molar-refractivity contribution in [1.29, 1.82) is 0 Å². The highest BCUT2D eigenvalue weighted by atomic mass is 19.1. The van der Waals surface area contributed by atoms with Crippen molar-refractivity contribution in [1.82, 2.24) is 0 Å². The molecule has 2 aromatic carbocycles. The number of carbonyl (C=O) groups is 2. The highest BCUT2D eigenvalue weighted by molar-refractivity contribution is 6.03. The molecule has 2 aromatic rings. The van der Waals surface area contributed by atoms with Crippen molar-refractivity contribution in [2.45, 2.75) is 20.3 Å². The summed E-state index contributed by atoms with van der Waals surface area (Å²) < 4.78 is 26.5. The molecule has 0 saturated heterocycles. The Bertz CT molecular complexity index is 782. The topological polar surface area (TPSA) is 58.2 Å². The van der Waals surface area contributed by atoms with Gasteiger partial charge in [0.25, 0.3) is 0 Å². The number of hydrogen-bond acceptors (Lipinski definition) is 2. The summed E-state index contributed by atoms with van der Waals surface area (Å²) in [5, 5.41) is 5.23. The van der Waals surface area contributed by atoms with E-state index in [0.29, 0.717) is 18.2 Å². The van der Waals surface area contributed by atoms with E-state index >= 15 is 0 Å². The van der Waals surface area contributed by atoms with E-state index in [4.69, 9.17) is 0 Å². The number of hydrogen-bond donors (Lipinski definition) is 2. The Morgan fingerprint density at radius 1 is 0.920 bits per heavy atom. The average molecular weight is 344 g/mol. The number of nitrogens with one attached hydrogen (secondary N) is 2. The van der Waals surface area contributed by atoms with Gasteiger partial charge in [-0.15, -0.1) is 0 Å². The summed E-state index contributed by atoms with van der Waals surface area (Å²) in [4.78, 5) is 24.4. The molecule has 1 fully saturated rings. The van der Waals surface area contributed by atoms with Gasteiger partial charge in [-0.1, -0.05) is 17.7 Å². The fraction of sp³-hybridized carbons (Fsp3) is 0.263. The third-order valence-electron chi connectivity index (χ3n) is 4.29. The first-order valence-electron chi connectivity index (χ1n) is 7.99.